The third-order valence-corrected chi connectivity index (χ3v) is 5.74. The van der Waals surface area contributed by atoms with Gasteiger partial charge >= 0.3 is 17.9 Å². The van der Waals surface area contributed by atoms with Gasteiger partial charge in [0.05, 0.1) is 32.0 Å². The first kappa shape index (κ1) is 31.6. The van der Waals surface area contributed by atoms with E-state index in [-0.39, 0.29) is 6.61 Å². The molecule has 3 aromatic rings. The van der Waals surface area contributed by atoms with E-state index in [2.05, 4.69) is 17.9 Å². The van der Waals surface area contributed by atoms with Gasteiger partial charge in [0.25, 0.3) is 0 Å². The molecule has 0 aromatic heterocycles. The summed E-state index contributed by atoms with van der Waals surface area (Å²) in [4.78, 5) is 34.9. The Morgan fingerprint density at radius 2 is 1.07 bits per heavy atom. The summed E-state index contributed by atoms with van der Waals surface area (Å²) in [6, 6.07) is 21.2. The van der Waals surface area contributed by atoms with Gasteiger partial charge in [-0.05, 0) is 79.4 Å². The van der Waals surface area contributed by atoms with Crippen molar-refractivity contribution in [2.24, 2.45) is 0 Å². The largest absolute Gasteiger partial charge is 0.494 e. The van der Waals surface area contributed by atoms with Crippen LogP contribution < -0.4 is 14.2 Å². The van der Waals surface area contributed by atoms with Crippen molar-refractivity contribution >= 4 is 17.9 Å². The first-order chi connectivity index (χ1) is 20.2. The van der Waals surface area contributed by atoms with Gasteiger partial charge in [0.1, 0.15) is 17.2 Å². The number of esters is 3. The topological polar surface area (TPSA) is 97.4 Å². The molecule has 0 heterocycles. The average molecular weight is 577 g/mol. The van der Waals surface area contributed by atoms with Crippen LogP contribution in [0.1, 0.15) is 36.5 Å². The van der Waals surface area contributed by atoms with Crippen molar-refractivity contribution in [2.45, 2.75) is 26.2 Å². The van der Waals surface area contributed by atoms with E-state index in [1.807, 2.05) is 36.4 Å². The molecule has 0 unspecified atom stereocenters. The number of benzene rings is 3. The van der Waals surface area contributed by atoms with Crippen LogP contribution in [0.15, 0.2) is 97.4 Å². The molecule has 0 atom stereocenters. The van der Waals surface area contributed by atoms with Gasteiger partial charge in [-0.25, -0.2) is 14.4 Å². The van der Waals surface area contributed by atoms with Gasteiger partial charge in [-0.15, -0.1) is 0 Å². The average Bonchev–Trinajstić information content (AvgIpc) is 2.99. The lowest BCUT2D eigenvalue weighted by Gasteiger charge is -2.09. The van der Waals surface area contributed by atoms with Crippen molar-refractivity contribution in [3.05, 3.63) is 103 Å². The van der Waals surface area contributed by atoms with E-state index >= 15 is 0 Å². The second-order valence-corrected chi connectivity index (χ2v) is 9.18. The van der Waals surface area contributed by atoms with Gasteiger partial charge in [-0.1, -0.05) is 37.4 Å². The Morgan fingerprint density at radius 3 is 1.62 bits per heavy atom. The van der Waals surface area contributed by atoms with Gasteiger partial charge in [0.2, 0.25) is 5.83 Å². The highest BCUT2D eigenvalue weighted by Gasteiger charge is 2.10. The van der Waals surface area contributed by atoms with Crippen LogP contribution in [0.4, 0.5) is 4.39 Å². The Bertz CT molecular complexity index is 1360. The fraction of sp³-hybridized carbons (Fsp3) is 0.242. The van der Waals surface area contributed by atoms with Crippen LogP contribution in [-0.2, 0) is 19.1 Å². The number of ether oxygens (including phenoxy) is 5. The Labute approximate surface area is 244 Å². The maximum Gasteiger partial charge on any atom is 0.366 e. The molecule has 8 nitrogen and oxygen atoms in total. The molecule has 0 spiro atoms. The highest BCUT2D eigenvalue weighted by atomic mass is 19.1. The molecule has 9 heteroatoms. The number of hydrogen-bond acceptors (Lipinski definition) is 8. The van der Waals surface area contributed by atoms with E-state index < -0.39 is 23.7 Å². The van der Waals surface area contributed by atoms with Crippen LogP contribution >= 0.6 is 0 Å². The van der Waals surface area contributed by atoms with Gasteiger partial charge in [-0.2, -0.15) is 4.39 Å². The normalized spacial score (nSPS) is 10.3. The first-order valence-electron chi connectivity index (χ1n) is 13.4. The summed E-state index contributed by atoms with van der Waals surface area (Å²) in [5.74, 6) is -1.40. The molecular weight excluding hydrogens is 543 g/mol. The molecule has 0 aliphatic heterocycles. The maximum atomic E-state index is 12.6. The highest BCUT2D eigenvalue weighted by Crippen LogP contribution is 2.25. The zero-order chi connectivity index (χ0) is 30.3. The molecule has 3 aromatic carbocycles. The number of halogens is 1. The van der Waals surface area contributed by atoms with Crippen LogP contribution in [0.25, 0.3) is 11.1 Å². The predicted octanol–water partition coefficient (Wildman–Crippen LogP) is 6.65. The fourth-order valence-electron chi connectivity index (χ4n) is 3.49. The van der Waals surface area contributed by atoms with Gasteiger partial charge in [-0.3, -0.25) is 0 Å². The molecule has 0 radical (unpaired) electrons. The van der Waals surface area contributed by atoms with Crippen LogP contribution in [0.2, 0.25) is 0 Å². The first-order valence-corrected chi connectivity index (χ1v) is 13.4. The molecule has 42 heavy (non-hydrogen) atoms. The molecule has 0 aliphatic rings. The van der Waals surface area contributed by atoms with Crippen molar-refractivity contribution in [1.29, 1.82) is 0 Å². The third-order valence-electron chi connectivity index (χ3n) is 5.74. The Morgan fingerprint density at radius 1 is 0.619 bits per heavy atom. The number of unbranched alkanes of at least 4 members (excludes halogenated alkanes) is 1. The standard InChI is InChI=1S/C33H33FO8/c1-23(2)31(35)40-20-5-4-19-38-29-15-11-27(12-16-29)33(37)42-30-17-9-26(10-18-30)25-7-13-28(14-8-25)39-21-6-22-41-32(36)24(3)34/h7-18H,1,3-6,19-22H2,2H3. The minimum absolute atomic E-state index is 0.0372. The summed E-state index contributed by atoms with van der Waals surface area (Å²) in [7, 11) is 0. The molecule has 0 aliphatic carbocycles. The molecule has 220 valence electrons. The minimum atomic E-state index is -1.12. The van der Waals surface area contributed by atoms with Crippen LogP contribution in [-0.4, -0.2) is 44.3 Å². The second-order valence-electron chi connectivity index (χ2n) is 9.18. The van der Waals surface area contributed by atoms with Crippen molar-refractivity contribution in [1.82, 2.24) is 0 Å². The van der Waals surface area contributed by atoms with Gasteiger partial charge < -0.3 is 23.7 Å². The van der Waals surface area contributed by atoms with Crippen molar-refractivity contribution in [3.63, 3.8) is 0 Å². The monoisotopic (exact) mass is 576 g/mol. The summed E-state index contributed by atoms with van der Waals surface area (Å²) in [5, 5.41) is 0. The molecule has 0 amide bonds. The molecule has 0 N–H and O–H groups in total. The SMILES string of the molecule is C=C(C)C(=O)OCCCCOc1ccc(C(=O)Oc2ccc(-c3ccc(OCCCOC(=O)C(=C)F)cc3)cc2)cc1. The summed E-state index contributed by atoms with van der Waals surface area (Å²) < 4.78 is 39.0. The van der Waals surface area contributed by atoms with E-state index in [1.165, 1.54) is 0 Å². The molecule has 3 rings (SSSR count). The molecule has 0 bridgehead atoms. The second kappa shape index (κ2) is 16.4. The molecule has 0 fully saturated rings. The highest BCUT2D eigenvalue weighted by molar-refractivity contribution is 5.91. The minimum Gasteiger partial charge on any atom is -0.494 e. The van der Waals surface area contributed by atoms with Crippen LogP contribution in [0.5, 0.6) is 17.2 Å². The van der Waals surface area contributed by atoms with Crippen molar-refractivity contribution in [2.75, 3.05) is 26.4 Å². The van der Waals surface area contributed by atoms with Crippen molar-refractivity contribution in [3.8, 4) is 28.4 Å². The zero-order valence-electron chi connectivity index (χ0n) is 23.4. The Balaban J connectivity index is 1.39. The summed E-state index contributed by atoms with van der Waals surface area (Å²) in [5.41, 5.74) is 2.63. The van der Waals surface area contributed by atoms with Gasteiger partial charge in [0, 0.05) is 12.0 Å². The van der Waals surface area contributed by atoms with E-state index in [1.54, 1.807) is 43.3 Å². The number of hydrogen-bond donors (Lipinski definition) is 0. The summed E-state index contributed by atoms with van der Waals surface area (Å²) in [6.45, 7) is 9.12. The predicted molar refractivity (Wildman–Crippen MR) is 155 cm³/mol. The lowest BCUT2D eigenvalue weighted by molar-refractivity contribution is -0.141. The maximum absolute atomic E-state index is 12.6. The molecule has 0 saturated heterocycles. The van der Waals surface area contributed by atoms with Crippen molar-refractivity contribution < 1.29 is 42.5 Å². The number of carbonyl (C=O) groups excluding carboxylic acids is 3. The quantitative estimate of drug-likeness (QED) is 0.0810. The number of rotatable bonds is 16. The third kappa shape index (κ3) is 10.6. The Hall–Kier alpha value is -4.92. The Kier molecular flexibility index (Phi) is 12.3. The van der Waals surface area contributed by atoms with Gasteiger partial charge in [0.15, 0.2) is 0 Å². The van der Waals surface area contributed by atoms with Crippen LogP contribution in [0, 0.1) is 0 Å². The van der Waals surface area contributed by atoms with Crippen LogP contribution in [0.3, 0.4) is 0 Å². The zero-order valence-corrected chi connectivity index (χ0v) is 23.4. The fourth-order valence-corrected chi connectivity index (χ4v) is 3.49. The van der Waals surface area contributed by atoms with E-state index in [4.69, 9.17) is 18.9 Å². The number of carbonyl (C=O) groups is 3. The lowest BCUT2D eigenvalue weighted by atomic mass is 10.1. The summed E-state index contributed by atoms with van der Waals surface area (Å²) >= 11 is 0. The molecule has 0 saturated carbocycles. The summed E-state index contributed by atoms with van der Waals surface area (Å²) in [6.07, 6.45) is 1.79. The van der Waals surface area contributed by atoms with E-state index in [0.717, 1.165) is 11.1 Å². The smallest absolute Gasteiger partial charge is 0.366 e. The van der Waals surface area contributed by atoms with E-state index in [0.29, 0.717) is 67.5 Å². The lowest BCUT2D eigenvalue weighted by Crippen LogP contribution is -2.09. The van der Waals surface area contributed by atoms with E-state index in [9.17, 15) is 18.8 Å². The molecular formula is C33H33FO8.